The van der Waals surface area contributed by atoms with Crippen LogP contribution in [-0.4, -0.2) is 44.0 Å². The van der Waals surface area contributed by atoms with Gasteiger partial charge in [-0.25, -0.2) is 18.3 Å². The molecule has 5 rings (SSSR count). The maximum absolute atomic E-state index is 12.9. The van der Waals surface area contributed by atoms with Gasteiger partial charge in [0.25, 0.3) is 0 Å². The largest absolute Gasteiger partial charge is 0.416 e. The fourth-order valence-corrected chi connectivity index (χ4v) is 4.48. The summed E-state index contributed by atoms with van der Waals surface area (Å²) in [5.41, 5.74) is 2.46. The van der Waals surface area contributed by atoms with E-state index >= 15 is 0 Å². The summed E-state index contributed by atoms with van der Waals surface area (Å²) >= 11 is 1.52. The highest BCUT2D eigenvalue weighted by Gasteiger charge is 2.37. The molecule has 0 amide bonds. The van der Waals surface area contributed by atoms with Gasteiger partial charge in [0.05, 0.1) is 11.1 Å². The molecule has 0 radical (unpaired) electrons. The number of halogens is 8. The Morgan fingerprint density at radius 2 is 1.51 bits per heavy atom. The van der Waals surface area contributed by atoms with Crippen LogP contribution in [-0.2, 0) is 12.4 Å². The fraction of sp³-hybridized carbons (Fsp3) is 0.391. The molecule has 0 atom stereocenters. The molecule has 4 aromatic rings. The van der Waals surface area contributed by atoms with Crippen LogP contribution in [0.5, 0.6) is 0 Å². The number of benzene rings is 1. The first kappa shape index (κ1) is 30.0. The number of rotatable bonds is 2. The summed E-state index contributed by atoms with van der Waals surface area (Å²) in [5, 5.41) is 4.88. The second-order valence-electron chi connectivity index (χ2n) is 8.23. The summed E-state index contributed by atoms with van der Waals surface area (Å²) in [6.45, 7) is 2.52. The second-order valence-corrected chi connectivity index (χ2v) is 8.96. The Kier molecular flexibility index (Phi) is 9.63. The molecule has 7 nitrogen and oxygen atoms in total. The first-order chi connectivity index (χ1) is 18.3. The van der Waals surface area contributed by atoms with Crippen LogP contribution in [0.2, 0.25) is 0 Å². The molecule has 0 aliphatic carbocycles. The highest BCUT2D eigenvalue weighted by molar-refractivity contribution is 7.09. The number of alkyl halides is 8. The zero-order valence-corrected chi connectivity index (χ0v) is 21.2. The number of aryl methyl sites for hydroxylation is 1. The van der Waals surface area contributed by atoms with Gasteiger partial charge in [0.2, 0.25) is 18.0 Å². The zero-order valence-electron chi connectivity index (χ0n) is 20.4. The lowest BCUT2D eigenvalue weighted by molar-refractivity contribution is -0.143. The van der Waals surface area contributed by atoms with Crippen molar-refractivity contribution in [1.29, 1.82) is 0 Å². The fourth-order valence-electron chi connectivity index (χ4n) is 3.76. The molecule has 1 aliphatic heterocycles. The van der Waals surface area contributed by atoms with Gasteiger partial charge in [0, 0.05) is 36.4 Å². The van der Waals surface area contributed by atoms with Crippen LogP contribution in [0, 0.1) is 6.92 Å². The first-order valence-electron chi connectivity index (χ1n) is 11.4. The molecule has 16 heteroatoms. The van der Waals surface area contributed by atoms with E-state index < -0.39 is 30.4 Å². The number of fused-ring (bicyclic) bond motifs is 1. The molecular weight excluding hydrogens is 558 g/mol. The third kappa shape index (κ3) is 7.97. The average molecular weight is 582 g/mol. The number of anilines is 2. The van der Waals surface area contributed by atoms with E-state index in [9.17, 15) is 35.1 Å². The molecule has 0 bridgehead atoms. The smallest absolute Gasteiger partial charge is 0.366 e. The zero-order chi connectivity index (χ0) is 28.8. The first-order valence-corrected chi connectivity index (χ1v) is 12.2. The van der Waals surface area contributed by atoms with Crippen molar-refractivity contribution in [3.05, 3.63) is 53.5 Å². The van der Waals surface area contributed by atoms with Gasteiger partial charge in [0.15, 0.2) is 5.65 Å². The lowest BCUT2D eigenvalue weighted by Crippen LogP contribution is -2.29. The van der Waals surface area contributed by atoms with Crippen LogP contribution in [0.1, 0.15) is 36.2 Å². The normalized spacial score (nSPS) is 13.9. The summed E-state index contributed by atoms with van der Waals surface area (Å²) in [5.74, 6) is 0.756. The van der Waals surface area contributed by atoms with Gasteiger partial charge in [-0.05, 0) is 62.1 Å². The molecule has 0 unspecified atom stereocenters. The highest BCUT2D eigenvalue weighted by Crippen LogP contribution is 2.39. The predicted molar refractivity (Wildman–Crippen MR) is 131 cm³/mol. The van der Waals surface area contributed by atoms with Gasteiger partial charge in [-0.15, -0.1) is 5.10 Å². The van der Waals surface area contributed by atoms with Crippen molar-refractivity contribution in [2.45, 2.75) is 38.5 Å². The highest BCUT2D eigenvalue weighted by atomic mass is 32.1. The maximum atomic E-state index is 12.9. The Bertz CT molecular complexity index is 1330. The van der Waals surface area contributed by atoms with Gasteiger partial charge in [-0.3, -0.25) is 0 Å². The third-order valence-electron chi connectivity index (χ3n) is 5.42. The molecule has 1 aliphatic rings. The number of nitrogen functional groups attached to an aromatic ring is 1. The van der Waals surface area contributed by atoms with E-state index in [1.165, 1.54) is 53.6 Å². The Morgan fingerprint density at radius 1 is 0.923 bits per heavy atom. The van der Waals surface area contributed by atoms with Gasteiger partial charge in [0.1, 0.15) is 5.82 Å². The molecule has 1 fully saturated rings. The minimum atomic E-state index is -4.92. The molecule has 1 saturated heterocycles. The van der Waals surface area contributed by atoms with Gasteiger partial charge in [-0.2, -0.15) is 35.7 Å². The van der Waals surface area contributed by atoms with Crippen molar-refractivity contribution in [2.24, 2.45) is 0 Å². The molecule has 4 heterocycles. The van der Waals surface area contributed by atoms with Crippen molar-refractivity contribution in [2.75, 3.05) is 30.7 Å². The number of hydrogen-bond donors (Lipinski definition) is 1. The summed E-state index contributed by atoms with van der Waals surface area (Å²) in [6, 6.07) is 4.11. The summed E-state index contributed by atoms with van der Waals surface area (Å²) in [4.78, 5) is 10.5. The van der Waals surface area contributed by atoms with Gasteiger partial charge in [-0.1, -0.05) is 0 Å². The van der Waals surface area contributed by atoms with E-state index in [4.69, 9.17) is 5.73 Å². The molecule has 0 spiro atoms. The van der Waals surface area contributed by atoms with E-state index in [1.807, 2.05) is 6.92 Å². The van der Waals surface area contributed by atoms with E-state index in [0.717, 1.165) is 24.0 Å². The topological polar surface area (TPSA) is 85.2 Å². The molecule has 212 valence electrons. The lowest BCUT2D eigenvalue weighted by atomic mass is 10.00. The van der Waals surface area contributed by atoms with Crippen LogP contribution in [0.3, 0.4) is 0 Å². The summed E-state index contributed by atoms with van der Waals surface area (Å²) in [7, 11) is 0. The molecule has 39 heavy (non-hydrogen) atoms. The minimum absolute atomic E-state index is 0.0540. The van der Waals surface area contributed by atoms with Crippen LogP contribution < -0.4 is 10.6 Å². The van der Waals surface area contributed by atoms with E-state index in [0.29, 0.717) is 12.1 Å². The molecule has 2 N–H and O–H groups in total. The number of pyridine rings is 1. The van der Waals surface area contributed by atoms with Crippen molar-refractivity contribution in [3.8, 4) is 11.1 Å². The van der Waals surface area contributed by atoms with Crippen molar-refractivity contribution in [1.82, 2.24) is 24.0 Å². The Hall–Kier alpha value is -3.56. The molecule has 3 aromatic heterocycles. The van der Waals surface area contributed by atoms with Crippen LogP contribution in [0.15, 0.2) is 36.5 Å². The molecule has 0 saturated carbocycles. The number of nitrogens with zero attached hydrogens (tertiary/aromatic N) is 6. The van der Waals surface area contributed by atoms with Gasteiger partial charge < -0.3 is 10.6 Å². The number of nitrogens with two attached hydrogens (primary N) is 1. The van der Waals surface area contributed by atoms with Crippen molar-refractivity contribution >= 4 is 28.3 Å². The Labute approximate surface area is 221 Å². The maximum Gasteiger partial charge on any atom is 0.416 e. The number of aromatic nitrogens is 5. The third-order valence-corrected chi connectivity index (χ3v) is 6.29. The van der Waals surface area contributed by atoms with Crippen LogP contribution in [0.25, 0.3) is 16.8 Å². The molecule has 1 aromatic carbocycles. The summed E-state index contributed by atoms with van der Waals surface area (Å²) in [6.07, 6.45) is -4.44. The quantitative estimate of drug-likeness (QED) is 0.264. The van der Waals surface area contributed by atoms with Crippen LogP contribution in [0.4, 0.5) is 46.2 Å². The molecular formula is C23H23F8N7S. The van der Waals surface area contributed by atoms with Gasteiger partial charge >= 0.3 is 12.4 Å². The monoisotopic (exact) mass is 581 g/mol. The van der Waals surface area contributed by atoms with Crippen molar-refractivity contribution in [3.63, 3.8) is 0 Å². The standard InChI is InChI=1S/C14H8F6N4.C8H13N3S.CH2F2/c15-13(16,17)8-4-7(5-9(6-8)14(18,19)20)10-2-1-3-24-11(10)22-12(21)23-24;1-7-9-8(12-10-7)11-5-3-2-4-6-11;2-1-3/h1-6H,(H2,21,23);2-6H2,1H3;1H2. The Morgan fingerprint density at radius 3 is 2.03 bits per heavy atom. The van der Waals surface area contributed by atoms with Crippen LogP contribution >= 0.6 is 11.5 Å². The van der Waals surface area contributed by atoms with E-state index in [-0.39, 0.29) is 28.8 Å². The van der Waals surface area contributed by atoms with Crippen molar-refractivity contribution < 1.29 is 35.1 Å². The number of hydrogen-bond acceptors (Lipinski definition) is 7. The Balaban J connectivity index is 0.000000233. The predicted octanol–water partition coefficient (Wildman–Crippen LogP) is 6.74. The van der Waals surface area contributed by atoms with E-state index in [2.05, 4.69) is 24.3 Å². The second kappa shape index (κ2) is 12.5. The average Bonchev–Trinajstić information content (AvgIpc) is 3.48. The SMILES string of the molecule is Cc1nsc(N2CCCCC2)n1.FCF.Nc1nc2c(-c3cc(C(F)(F)F)cc(C(F)(F)F)c3)cccn2n1. The lowest BCUT2D eigenvalue weighted by Gasteiger charge is -2.25. The summed E-state index contributed by atoms with van der Waals surface area (Å²) < 4.78 is 102. The minimum Gasteiger partial charge on any atom is -0.366 e. The number of piperidine rings is 1. The van der Waals surface area contributed by atoms with E-state index in [1.54, 1.807) is 0 Å².